The van der Waals surface area contributed by atoms with Crippen molar-refractivity contribution in [2.75, 3.05) is 13.1 Å². The number of hydrogen-bond donors (Lipinski definition) is 2. The van der Waals surface area contributed by atoms with Crippen molar-refractivity contribution in [1.29, 1.82) is 0 Å². The highest BCUT2D eigenvalue weighted by Gasteiger charge is 2.40. The van der Waals surface area contributed by atoms with Gasteiger partial charge >= 0.3 is 0 Å². The number of carbonyl (C=O) groups excluding carboxylic acids is 2. The van der Waals surface area contributed by atoms with Gasteiger partial charge in [-0.2, -0.15) is 0 Å². The number of amides is 2. The van der Waals surface area contributed by atoms with Gasteiger partial charge in [0.2, 0.25) is 12.8 Å². The molecule has 0 unspecified atom stereocenters. The van der Waals surface area contributed by atoms with Gasteiger partial charge in [0.25, 0.3) is 0 Å². The summed E-state index contributed by atoms with van der Waals surface area (Å²) < 4.78 is 0. The molecule has 2 saturated heterocycles. The van der Waals surface area contributed by atoms with Crippen LogP contribution >= 0.6 is 0 Å². The Morgan fingerprint density at radius 2 is 0.824 bits per heavy atom. The van der Waals surface area contributed by atoms with Gasteiger partial charge < -0.3 is 20.4 Å². The molecule has 0 saturated carbocycles. The van der Waals surface area contributed by atoms with Crippen LogP contribution in [0.5, 0.6) is 0 Å². The normalized spacial score (nSPS) is 23.9. The molecule has 2 heterocycles. The second-order valence-corrected chi connectivity index (χ2v) is 13.7. The maximum absolute atomic E-state index is 11.8. The van der Waals surface area contributed by atoms with E-state index in [2.05, 4.69) is 66.0 Å². The van der Waals surface area contributed by atoms with E-state index in [1.165, 1.54) is 12.8 Å². The molecule has 2 N–H and O–H groups in total. The van der Waals surface area contributed by atoms with Crippen LogP contribution in [0.25, 0.3) is 0 Å². The predicted molar refractivity (Wildman–Crippen MR) is 142 cm³/mol. The van der Waals surface area contributed by atoms with Crippen molar-refractivity contribution in [1.82, 2.24) is 20.4 Å². The Hall–Kier alpha value is -1.14. The zero-order chi connectivity index (χ0) is 25.6. The van der Waals surface area contributed by atoms with Gasteiger partial charge in [-0.15, -0.1) is 0 Å². The number of hydrogen-bond acceptors (Lipinski definition) is 4. The minimum atomic E-state index is 0.0583. The zero-order valence-corrected chi connectivity index (χ0v) is 23.5. The van der Waals surface area contributed by atoms with Crippen LogP contribution in [0.4, 0.5) is 0 Å². The molecule has 6 nitrogen and oxygen atoms in total. The summed E-state index contributed by atoms with van der Waals surface area (Å²) in [5, 5.41) is 7.41. The molecule has 0 atom stereocenters. The summed E-state index contributed by atoms with van der Waals surface area (Å²) in [6.07, 6.45) is 13.0. The molecule has 2 aliphatic rings. The lowest BCUT2D eigenvalue weighted by Crippen LogP contribution is -2.62. The number of unbranched alkanes of at least 4 members (excludes halogenated alkanes) is 5. The first-order valence-electron chi connectivity index (χ1n) is 13.7. The fraction of sp³-hybridized carbons (Fsp3) is 0.929. The Labute approximate surface area is 210 Å². The van der Waals surface area contributed by atoms with E-state index in [-0.39, 0.29) is 22.2 Å². The molecule has 198 valence electrons. The molecule has 0 aromatic rings. The summed E-state index contributed by atoms with van der Waals surface area (Å²) in [5.74, 6) is 0. The van der Waals surface area contributed by atoms with Gasteiger partial charge in [-0.1, -0.05) is 25.7 Å². The standard InChI is InChI=1S/C28H54N4O2/c1-25(2)17-23(18-26(3,4)29-25)31(21-33)15-13-11-9-10-12-14-16-32(22-34)24-19-27(5,6)30-28(7,8)20-24/h21-24,29-30H,9-20H2,1-8H3. The van der Waals surface area contributed by atoms with Crippen LogP contribution in [-0.2, 0) is 9.59 Å². The van der Waals surface area contributed by atoms with E-state index in [0.29, 0.717) is 12.1 Å². The maximum Gasteiger partial charge on any atom is 0.209 e. The summed E-state index contributed by atoms with van der Waals surface area (Å²) >= 11 is 0. The molecule has 0 spiro atoms. The lowest BCUT2D eigenvalue weighted by molar-refractivity contribution is -0.122. The van der Waals surface area contributed by atoms with E-state index in [4.69, 9.17) is 0 Å². The summed E-state index contributed by atoms with van der Waals surface area (Å²) in [7, 11) is 0. The Balaban J connectivity index is 1.64. The largest absolute Gasteiger partial charge is 0.342 e. The first kappa shape index (κ1) is 29.1. The quantitative estimate of drug-likeness (QED) is 0.293. The van der Waals surface area contributed by atoms with Gasteiger partial charge in [0.15, 0.2) is 0 Å². The lowest BCUT2D eigenvalue weighted by Gasteiger charge is -2.49. The third kappa shape index (κ3) is 9.49. The fourth-order valence-corrected chi connectivity index (χ4v) is 6.94. The monoisotopic (exact) mass is 478 g/mol. The Kier molecular flexibility index (Phi) is 10.0. The van der Waals surface area contributed by atoms with E-state index in [9.17, 15) is 9.59 Å². The highest BCUT2D eigenvalue weighted by Crippen LogP contribution is 2.32. The van der Waals surface area contributed by atoms with Crippen LogP contribution in [0.2, 0.25) is 0 Å². The van der Waals surface area contributed by atoms with Crippen molar-refractivity contribution < 1.29 is 9.59 Å². The van der Waals surface area contributed by atoms with E-state index < -0.39 is 0 Å². The van der Waals surface area contributed by atoms with Crippen LogP contribution in [0.3, 0.4) is 0 Å². The Morgan fingerprint density at radius 1 is 0.559 bits per heavy atom. The van der Waals surface area contributed by atoms with Crippen molar-refractivity contribution in [2.24, 2.45) is 0 Å². The molecule has 0 aromatic heterocycles. The van der Waals surface area contributed by atoms with Crippen molar-refractivity contribution in [3.8, 4) is 0 Å². The molecule has 0 bridgehead atoms. The number of piperidine rings is 2. The Morgan fingerprint density at radius 3 is 1.09 bits per heavy atom. The third-order valence-corrected chi connectivity index (χ3v) is 7.63. The minimum Gasteiger partial charge on any atom is -0.342 e. The molecule has 0 aliphatic carbocycles. The van der Waals surface area contributed by atoms with Crippen LogP contribution < -0.4 is 10.6 Å². The molecule has 2 fully saturated rings. The molecule has 0 radical (unpaired) electrons. The lowest BCUT2D eigenvalue weighted by atomic mass is 9.79. The summed E-state index contributed by atoms with van der Waals surface area (Å²) in [6, 6.07) is 0.644. The van der Waals surface area contributed by atoms with Crippen molar-refractivity contribution >= 4 is 12.8 Å². The van der Waals surface area contributed by atoms with Gasteiger partial charge in [0.05, 0.1) is 0 Å². The summed E-state index contributed by atoms with van der Waals surface area (Å²) in [4.78, 5) is 27.7. The maximum atomic E-state index is 11.8. The van der Waals surface area contributed by atoms with Gasteiger partial charge in [-0.3, -0.25) is 9.59 Å². The number of nitrogens with zero attached hydrogens (tertiary/aromatic N) is 2. The smallest absolute Gasteiger partial charge is 0.209 e. The predicted octanol–water partition coefficient (Wildman–Crippen LogP) is 4.86. The van der Waals surface area contributed by atoms with E-state index in [1.54, 1.807) is 0 Å². The number of carbonyl (C=O) groups is 2. The van der Waals surface area contributed by atoms with Crippen molar-refractivity contribution in [3.05, 3.63) is 0 Å². The average Bonchev–Trinajstić information content (AvgIpc) is 2.64. The summed E-state index contributed by atoms with van der Waals surface area (Å²) in [6.45, 7) is 19.6. The average molecular weight is 479 g/mol. The van der Waals surface area contributed by atoms with Crippen LogP contribution in [-0.4, -0.2) is 69.9 Å². The van der Waals surface area contributed by atoms with Crippen LogP contribution in [0.15, 0.2) is 0 Å². The molecular formula is C28H54N4O2. The number of rotatable bonds is 13. The first-order valence-corrected chi connectivity index (χ1v) is 13.7. The molecular weight excluding hydrogens is 424 g/mol. The van der Waals surface area contributed by atoms with E-state index in [0.717, 1.165) is 77.3 Å². The highest BCUT2D eigenvalue weighted by atomic mass is 16.1. The second-order valence-electron chi connectivity index (χ2n) is 13.7. The molecule has 2 amide bonds. The molecule has 2 aliphatic heterocycles. The fourth-order valence-electron chi connectivity index (χ4n) is 6.94. The van der Waals surface area contributed by atoms with Gasteiger partial charge in [-0.25, -0.2) is 0 Å². The van der Waals surface area contributed by atoms with Crippen LogP contribution in [0.1, 0.15) is 120 Å². The molecule has 6 heteroatoms. The van der Waals surface area contributed by atoms with Crippen molar-refractivity contribution in [2.45, 2.75) is 154 Å². The number of nitrogens with one attached hydrogen (secondary N) is 2. The zero-order valence-electron chi connectivity index (χ0n) is 23.5. The highest BCUT2D eigenvalue weighted by molar-refractivity contribution is 5.48. The van der Waals surface area contributed by atoms with Crippen LogP contribution in [0, 0.1) is 0 Å². The molecule has 34 heavy (non-hydrogen) atoms. The minimum absolute atomic E-state index is 0.0583. The Bertz CT molecular complexity index is 571. The second kappa shape index (κ2) is 11.7. The van der Waals surface area contributed by atoms with Gasteiger partial charge in [-0.05, 0) is 93.9 Å². The van der Waals surface area contributed by atoms with E-state index >= 15 is 0 Å². The van der Waals surface area contributed by atoms with E-state index in [1.807, 2.05) is 9.80 Å². The molecule has 2 rings (SSSR count). The SMILES string of the molecule is CC1(C)CC(N(C=O)CCCCCCCCN(C=O)C2CC(C)(C)NC(C)(C)C2)CC(C)(C)N1. The summed E-state index contributed by atoms with van der Waals surface area (Å²) in [5.41, 5.74) is 0.233. The van der Waals surface area contributed by atoms with Gasteiger partial charge in [0, 0.05) is 47.3 Å². The molecule has 0 aromatic carbocycles. The van der Waals surface area contributed by atoms with Gasteiger partial charge in [0.1, 0.15) is 0 Å². The van der Waals surface area contributed by atoms with Crippen molar-refractivity contribution in [3.63, 3.8) is 0 Å². The third-order valence-electron chi connectivity index (χ3n) is 7.63. The first-order chi connectivity index (χ1) is 15.7. The topological polar surface area (TPSA) is 64.7 Å².